The Kier molecular flexibility index (Phi) is 5.04. The fraction of sp³-hybridized carbons (Fsp3) is 0.250. The van der Waals surface area contributed by atoms with Crippen LogP contribution in [0.15, 0.2) is 30.0 Å². The Bertz CT molecular complexity index is 997. The van der Waals surface area contributed by atoms with E-state index in [1.54, 1.807) is 37.2 Å². The number of sulfonamides is 1. The van der Waals surface area contributed by atoms with Crippen LogP contribution >= 0.6 is 0 Å². The van der Waals surface area contributed by atoms with E-state index in [1.165, 1.54) is 13.3 Å². The maximum Gasteiger partial charge on any atom is 0.229 e. The first-order valence-electron chi connectivity index (χ1n) is 7.16. The molecule has 0 atom stereocenters. The lowest BCUT2D eigenvalue weighted by molar-refractivity contribution is 0.103. The third-order valence-corrected chi connectivity index (χ3v) is 3.82. The van der Waals surface area contributed by atoms with Crippen molar-refractivity contribution in [3.05, 3.63) is 35.7 Å². The van der Waals surface area contributed by atoms with Gasteiger partial charge < -0.3 is 14.6 Å². The molecule has 0 aliphatic heterocycles. The Morgan fingerprint density at radius 1 is 1.36 bits per heavy atom. The SMILES string of the molecule is COc1cc2[nH]c(C(=O)/C(C#N)=C/N(C)C)cc2cc1NS(C)(=O)=O. The smallest absolute Gasteiger partial charge is 0.229 e. The zero-order valence-electron chi connectivity index (χ0n) is 14.2. The Morgan fingerprint density at radius 3 is 2.56 bits per heavy atom. The molecular weight excluding hydrogens is 344 g/mol. The van der Waals surface area contributed by atoms with Crippen molar-refractivity contribution >= 4 is 32.4 Å². The molecule has 2 aromatic rings. The minimum Gasteiger partial charge on any atom is -0.494 e. The van der Waals surface area contributed by atoms with Gasteiger partial charge in [0.15, 0.2) is 0 Å². The highest BCUT2D eigenvalue weighted by Crippen LogP contribution is 2.31. The zero-order valence-corrected chi connectivity index (χ0v) is 15.1. The van der Waals surface area contributed by atoms with Crippen LogP contribution in [0.3, 0.4) is 0 Å². The van der Waals surface area contributed by atoms with Gasteiger partial charge in [-0.1, -0.05) is 0 Å². The molecule has 0 amide bonds. The quantitative estimate of drug-likeness (QED) is 0.459. The number of H-pyrrole nitrogens is 1. The number of ketones is 1. The van der Waals surface area contributed by atoms with Crippen LogP contribution in [0.25, 0.3) is 10.9 Å². The van der Waals surface area contributed by atoms with Crippen LogP contribution in [0.4, 0.5) is 5.69 Å². The Labute approximate surface area is 145 Å². The van der Waals surface area contributed by atoms with Crippen molar-refractivity contribution in [3.8, 4) is 11.8 Å². The lowest BCUT2D eigenvalue weighted by Crippen LogP contribution is -2.10. The van der Waals surface area contributed by atoms with Crippen LogP contribution in [-0.4, -0.2) is 51.5 Å². The molecule has 0 bridgehead atoms. The summed E-state index contributed by atoms with van der Waals surface area (Å²) >= 11 is 0. The number of hydrogen-bond donors (Lipinski definition) is 2. The van der Waals surface area contributed by atoms with Crippen LogP contribution < -0.4 is 9.46 Å². The molecule has 132 valence electrons. The molecule has 1 aromatic heterocycles. The van der Waals surface area contributed by atoms with Gasteiger partial charge in [0.05, 0.1) is 24.7 Å². The van der Waals surface area contributed by atoms with Crippen molar-refractivity contribution in [2.75, 3.05) is 32.2 Å². The summed E-state index contributed by atoms with van der Waals surface area (Å²) in [6.45, 7) is 0. The van der Waals surface area contributed by atoms with Crippen molar-refractivity contribution in [1.82, 2.24) is 9.88 Å². The molecule has 0 saturated heterocycles. The van der Waals surface area contributed by atoms with Gasteiger partial charge in [0, 0.05) is 37.3 Å². The van der Waals surface area contributed by atoms with E-state index in [9.17, 15) is 13.2 Å². The predicted molar refractivity (Wildman–Crippen MR) is 95.0 cm³/mol. The van der Waals surface area contributed by atoms with Gasteiger partial charge >= 0.3 is 0 Å². The van der Waals surface area contributed by atoms with E-state index in [4.69, 9.17) is 10.00 Å². The molecule has 1 heterocycles. The summed E-state index contributed by atoms with van der Waals surface area (Å²) in [5.41, 5.74) is 1.06. The van der Waals surface area contributed by atoms with Gasteiger partial charge in [-0.25, -0.2) is 8.42 Å². The molecule has 8 nitrogen and oxygen atoms in total. The third kappa shape index (κ3) is 4.30. The van der Waals surface area contributed by atoms with Crippen molar-refractivity contribution in [2.24, 2.45) is 0 Å². The van der Waals surface area contributed by atoms with E-state index in [0.29, 0.717) is 16.7 Å². The van der Waals surface area contributed by atoms with E-state index < -0.39 is 15.8 Å². The molecule has 0 saturated carbocycles. The Balaban J connectivity index is 2.53. The number of nitrogens with zero attached hydrogens (tertiary/aromatic N) is 2. The number of aromatic nitrogens is 1. The van der Waals surface area contributed by atoms with Gasteiger partial charge in [0.2, 0.25) is 15.8 Å². The van der Waals surface area contributed by atoms with Gasteiger partial charge in [-0.15, -0.1) is 0 Å². The normalized spacial score (nSPS) is 11.9. The molecule has 0 aliphatic rings. The molecule has 25 heavy (non-hydrogen) atoms. The molecule has 0 spiro atoms. The summed E-state index contributed by atoms with van der Waals surface area (Å²) in [6, 6.07) is 6.58. The van der Waals surface area contributed by atoms with Crippen LogP contribution in [0, 0.1) is 11.3 Å². The standard InChI is InChI=1S/C16H18N4O4S/c1-20(2)9-11(8-17)16(21)14-6-10-5-13(19-25(4,22)23)15(24-3)7-12(10)18-14/h5-7,9,18-19H,1-4H3/b11-9+. The van der Waals surface area contributed by atoms with Crippen LogP contribution in [0.2, 0.25) is 0 Å². The lowest BCUT2D eigenvalue weighted by atomic mass is 10.1. The zero-order chi connectivity index (χ0) is 18.8. The number of aromatic amines is 1. The van der Waals surface area contributed by atoms with Gasteiger partial charge in [0.25, 0.3) is 0 Å². The number of rotatable bonds is 6. The van der Waals surface area contributed by atoms with Gasteiger partial charge in [-0.3, -0.25) is 9.52 Å². The van der Waals surface area contributed by atoms with E-state index in [0.717, 1.165) is 6.26 Å². The Hall–Kier alpha value is -2.99. The number of anilines is 1. The number of nitriles is 1. The Morgan fingerprint density at radius 2 is 2.04 bits per heavy atom. The first kappa shape index (κ1) is 18.4. The molecule has 0 radical (unpaired) electrons. The fourth-order valence-corrected chi connectivity index (χ4v) is 2.83. The molecule has 2 N–H and O–H groups in total. The monoisotopic (exact) mass is 362 g/mol. The number of allylic oxidation sites excluding steroid dienone is 1. The minimum atomic E-state index is -3.48. The highest BCUT2D eigenvalue weighted by atomic mass is 32.2. The summed E-state index contributed by atoms with van der Waals surface area (Å²) in [5, 5.41) is 9.77. The van der Waals surface area contributed by atoms with Crippen LogP contribution in [0.1, 0.15) is 10.5 Å². The maximum atomic E-state index is 12.5. The maximum absolute atomic E-state index is 12.5. The second-order valence-corrected chi connectivity index (χ2v) is 7.39. The number of carbonyl (C=O) groups excluding carboxylic acids is 1. The van der Waals surface area contributed by atoms with Gasteiger partial charge in [-0.2, -0.15) is 5.26 Å². The van der Waals surface area contributed by atoms with E-state index in [-0.39, 0.29) is 17.0 Å². The highest BCUT2D eigenvalue weighted by Gasteiger charge is 2.17. The van der Waals surface area contributed by atoms with Crippen molar-refractivity contribution in [2.45, 2.75) is 0 Å². The largest absolute Gasteiger partial charge is 0.494 e. The molecule has 0 unspecified atom stereocenters. The molecule has 9 heteroatoms. The second-order valence-electron chi connectivity index (χ2n) is 5.64. The summed E-state index contributed by atoms with van der Waals surface area (Å²) in [6.07, 6.45) is 2.47. The van der Waals surface area contributed by atoms with Crippen LogP contribution in [-0.2, 0) is 10.0 Å². The average molecular weight is 362 g/mol. The number of benzene rings is 1. The molecule has 0 aliphatic carbocycles. The summed E-state index contributed by atoms with van der Waals surface area (Å²) < 4.78 is 30.5. The summed E-state index contributed by atoms with van der Waals surface area (Å²) in [4.78, 5) is 17.0. The third-order valence-electron chi connectivity index (χ3n) is 3.23. The molecule has 2 rings (SSSR count). The van der Waals surface area contributed by atoms with E-state index in [1.807, 2.05) is 6.07 Å². The molecule has 1 aromatic carbocycles. The molecule has 0 fully saturated rings. The average Bonchev–Trinajstić information content (AvgIpc) is 2.92. The number of nitrogens with one attached hydrogen (secondary N) is 2. The first-order chi connectivity index (χ1) is 11.6. The number of ether oxygens (including phenoxy) is 1. The number of methoxy groups -OCH3 is 1. The molecular formula is C16H18N4O4S. The first-order valence-corrected chi connectivity index (χ1v) is 9.05. The second kappa shape index (κ2) is 6.86. The number of Topliss-reactive ketones (excluding diaryl/α,β-unsaturated/α-hetero) is 1. The van der Waals surface area contributed by atoms with E-state index in [2.05, 4.69) is 9.71 Å². The summed E-state index contributed by atoms with van der Waals surface area (Å²) in [5.74, 6) is -0.146. The fourth-order valence-electron chi connectivity index (χ4n) is 2.27. The number of hydrogen-bond acceptors (Lipinski definition) is 6. The van der Waals surface area contributed by atoms with Crippen LogP contribution in [0.5, 0.6) is 5.75 Å². The predicted octanol–water partition coefficient (Wildman–Crippen LogP) is 1.70. The number of fused-ring (bicyclic) bond motifs is 1. The van der Waals surface area contributed by atoms with Crippen molar-refractivity contribution < 1.29 is 17.9 Å². The van der Waals surface area contributed by atoms with E-state index >= 15 is 0 Å². The van der Waals surface area contributed by atoms with Crippen molar-refractivity contribution in [3.63, 3.8) is 0 Å². The highest BCUT2D eigenvalue weighted by molar-refractivity contribution is 7.92. The lowest BCUT2D eigenvalue weighted by Gasteiger charge is -2.09. The topological polar surface area (TPSA) is 115 Å². The minimum absolute atomic E-state index is 0.0157. The number of carbonyl (C=O) groups is 1. The summed E-state index contributed by atoms with van der Waals surface area (Å²) in [7, 11) is 1.35. The van der Waals surface area contributed by atoms with Gasteiger partial charge in [-0.05, 0) is 12.1 Å². The van der Waals surface area contributed by atoms with Crippen molar-refractivity contribution in [1.29, 1.82) is 5.26 Å². The van der Waals surface area contributed by atoms with Gasteiger partial charge in [0.1, 0.15) is 17.4 Å².